The van der Waals surface area contributed by atoms with Gasteiger partial charge >= 0.3 is 5.97 Å². The van der Waals surface area contributed by atoms with Crippen molar-refractivity contribution in [3.63, 3.8) is 0 Å². The van der Waals surface area contributed by atoms with Crippen molar-refractivity contribution in [2.24, 2.45) is 11.8 Å². The molecule has 0 aromatic rings. The van der Waals surface area contributed by atoms with E-state index in [2.05, 4.69) is 32.3 Å². The lowest BCUT2D eigenvalue weighted by molar-refractivity contribution is -0.172. The molecule has 1 amide bonds. The van der Waals surface area contributed by atoms with Crippen LogP contribution in [0, 0.1) is 11.8 Å². The number of ether oxygens (including phenoxy) is 1. The van der Waals surface area contributed by atoms with Gasteiger partial charge in [0, 0.05) is 6.92 Å². The van der Waals surface area contributed by atoms with Gasteiger partial charge in [0.1, 0.15) is 5.92 Å². The van der Waals surface area contributed by atoms with E-state index >= 15 is 0 Å². The number of β-lactam (4-membered cyclic amide) rings is 1. The summed E-state index contributed by atoms with van der Waals surface area (Å²) < 4.78 is 11.2. The summed E-state index contributed by atoms with van der Waals surface area (Å²) in [6, 6.07) is 1.05. The van der Waals surface area contributed by atoms with Crippen LogP contribution in [0.4, 0.5) is 0 Å². The van der Waals surface area contributed by atoms with Gasteiger partial charge in [-0.15, -0.1) is 0 Å². The fraction of sp³-hybridized carbons (Fsp3) is 0.846. The van der Waals surface area contributed by atoms with Crippen LogP contribution in [0.3, 0.4) is 0 Å². The Morgan fingerprint density at radius 1 is 1.37 bits per heavy atom. The summed E-state index contributed by atoms with van der Waals surface area (Å²) in [6.07, 6.45) is -0.762. The monoisotopic (exact) mass is 287 g/mol. The maximum Gasteiger partial charge on any atom is 0.304 e. The lowest BCUT2D eigenvalue weighted by Crippen LogP contribution is -2.64. The second-order valence-electron chi connectivity index (χ2n) is 6.25. The number of carbonyl (C=O) groups is 2. The molecule has 0 spiro atoms. The highest BCUT2D eigenvalue weighted by atomic mass is 28.4. The highest BCUT2D eigenvalue weighted by Gasteiger charge is 2.47. The van der Waals surface area contributed by atoms with Crippen LogP contribution in [0.2, 0.25) is 19.1 Å². The number of carbonyl (C=O) groups excluding carboxylic acids is 2. The Morgan fingerprint density at radius 3 is 2.37 bits per heavy atom. The molecule has 0 aromatic heterocycles. The van der Waals surface area contributed by atoms with Crippen molar-refractivity contribution in [1.29, 1.82) is 0 Å². The SMILES string of the molecule is CC(=O)O[C@H]1NC(=O)[C@@H]1[C@@H](C)O[Si](C)(C)CC(C)C. The maximum absolute atomic E-state index is 11.6. The van der Waals surface area contributed by atoms with Crippen molar-refractivity contribution in [3.05, 3.63) is 0 Å². The van der Waals surface area contributed by atoms with Gasteiger partial charge in [0.05, 0.1) is 6.10 Å². The Hall–Kier alpha value is -0.883. The Bertz CT molecular complexity index is 357. The number of hydrogen-bond donors (Lipinski definition) is 1. The van der Waals surface area contributed by atoms with Crippen LogP contribution in [-0.2, 0) is 18.8 Å². The molecule has 0 bridgehead atoms. The van der Waals surface area contributed by atoms with Crippen LogP contribution >= 0.6 is 0 Å². The van der Waals surface area contributed by atoms with Crippen LogP contribution < -0.4 is 5.32 Å². The molecule has 1 aliphatic rings. The van der Waals surface area contributed by atoms with E-state index in [9.17, 15) is 9.59 Å². The van der Waals surface area contributed by atoms with Gasteiger partial charge in [0.25, 0.3) is 0 Å². The van der Waals surface area contributed by atoms with Gasteiger partial charge in [-0.25, -0.2) is 0 Å². The first-order chi connectivity index (χ1) is 8.62. The van der Waals surface area contributed by atoms with Crippen molar-refractivity contribution in [1.82, 2.24) is 5.32 Å². The van der Waals surface area contributed by atoms with Crippen LogP contribution in [0.5, 0.6) is 0 Å². The number of hydrogen-bond acceptors (Lipinski definition) is 4. The molecule has 1 N–H and O–H groups in total. The first-order valence-electron chi connectivity index (χ1n) is 6.78. The summed E-state index contributed by atoms with van der Waals surface area (Å²) in [6.45, 7) is 11.9. The van der Waals surface area contributed by atoms with Gasteiger partial charge in [0.2, 0.25) is 5.91 Å². The molecule has 5 nitrogen and oxygen atoms in total. The first-order valence-corrected chi connectivity index (χ1v) is 9.89. The highest BCUT2D eigenvalue weighted by molar-refractivity contribution is 6.71. The number of esters is 1. The second kappa shape index (κ2) is 6.05. The summed E-state index contributed by atoms with van der Waals surface area (Å²) in [7, 11) is -1.79. The van der Waals surface area contributed by atoms with Crippen molar-refractivity contribution in [3.8, 4) is 0 Å². The molecule has 19 heavy (non-hydrogen) atoms. The zero-order valence-electron chi connectivity index (χ0n) is 12.6. The third-order valence-electron chi connectivity index (χ3n) is 3.12. The van der Waals surface area contributed by atoms with Crippen LogP contribution in [0.25, 0.3) is 0 Å². The molecule has 3 atom stereocenters. The molecule has 0 aromatic carbocycles. The first kappa shape index (κ1) is 16.2. The standard InChI is InChI=1S/C13H25NO4Si/c1-8(2)7-19(5,6)18-9(3)11-12(16)14-13(11)17-10(4)15/h8-9,11,13H,7H2,1-6H3,(H,14,16)/t9-,11+,13-/m1/s1. The molecule has 1 rings (SSSR count). The summed E-state index contributed by atoms with van der Waals surface area (Å²) in [5.74, 6) is -0.301. The lowest BCUT2D eigenvalue weighted by atomic mass is 9.93. The van der Waals surface area contributed by atoms with Crippen molar-refractivity contribution >= 4 is 20.2 Å². The fourth-order valence-electron chi connectivity index (χ4n) is 2.72. The minimum absolute atomic E-state index is 0.104. The predicted molar refractivity (Wildman–Crippen MR) is 74.9 cm³/mol. The Morgan fingerprint density at radius 2 is 1.95 bits per heavy atom. The molecular formula is C13H25NO4Si. The Labute approximate surface area is 116 Å². The van der Waals surface area contributed by atoms with E-state index in [4.69, 9.17) is 9.16 Å². The largest absolute Gasteiger partial charge is 0.441 e. The average molecular weight is 287 g/mol. The Kier molecular flexibility index (Phi) is 5.15. The van der Waals surface area contributed by atoms with E-state index in [1.807, 2.05) is 6.92 Å². The van der Waals surface area contributed by atoms with Gasteiger partial charge in [-0.1, -0.05) is 13.8 Å². The average Bonchev–Trinajstić information content (AvgIpc) is 2.11. The topological polar surface area (TPSA) is 64.6 Å². The quantitative estimate of drug-likeness (QED) is 0.460. The van der Waals surface area contributed by atoms with Crippen LogP contribution in [0.15, 0.2) is 0 Å². The van der Waals surface area contributed by atoms with Crippen molar-refractivity contribution < 1.29 is 18.8 Å². The van der Waals surface area contributed by atoms with Gasteiger partial charge in [-0.2, -0.15) is 0 Å². The molecule has 0 unspecified atom stereocenters. The predicted octanol–water partition coefficient (Wildman–Crippen LogP) is 1.89. The Balaban J connectivity index is 2.58. The molecule has 1 aliphatic heterocycles. The molecule has 0 saturated carbocycles. The van der Waals surface area contributed by atoms with E-state index in [0.29, 0.717) is 5.92 Å². The fourth-order valence-corrected chi connectivity index (χ4v) is 5.93. The molecule has 1 heterocycles. The normalized spacial score (nSPS) is 24.7. The molecule has 1 saturated heterocycles. The third kappa shape index (κ3) is 4.61. The van der Waals surface area contributed by atoms with Crippen LogP contribution in [-0.4, -0.2) is 32.5 Å². The number of nitrogens with one attached hydrogen (secondary N) is 1. The minimum atomic E-state index is -1.79. The van der Waals surface area contributed by atoms with Crippen LogP contribution in [0.1, 0.15) is 27.7 Å². The summed E-state index contributed by atoms with van der Waals surface area (Å²) in [4.78, 5) is 22.6. The molecule has 0 aliphatic carbocycles. The molecule has 0 radical (unpaired) electrons. The van der Waals surface area contributed by atoms with Gasteiger partial charge < -0.3 is 14.5 Å². The summed E-state index contributed by atoms with van der Waals surface area (Å²) in [5, 5.41) is 2.59. The van der Waals surface area contributed by atoms with Gasteiger partial charge in [-0.05, 0) is 32.0 Å². The summed E-state index contributed by atoms with van der Waals surface area (Å²) in [5.41, 5.74) is 0. The number of rotatable bonds is 6. The minimum Gasteiger partial charge on any atom is -0.441 e. The number of amides is 1. The van der Waals surface area contributed by atoms with E-state index in [0.717, 1.165) is 6.04 Å². The zero-order valence-corrected chi connectivity index (χ0v) is 13.6. The third-order valence-corrected chi connectivity index (χ3v) is 5.93. The van der Waals surface area contributed by atoms with E-state index < -0.39 is 14.5 Å². The van der Waals surface area contributed by atoms with E-state index in [1.54, 1.807) is 0 Å². The molecule has 110 valence electrons. The second-order valence-corrected chi connectivity index (χ2v) is 10.4. The molecular weight excluding hydrogens is 262 g/mol. The van der Waals surface area contributed by atoms with E-state index in [-0.39, 0.29) is 23.9 Å². The van der Waals surface area contributed by atoms with Gasteiger partial charge in [-0.3, -0.25) is 9.59 Å². The maximum atomic E-state index is 11.6. The summed E-state index contributed by atoms with van der Waals surface area (Å²) >= 11 is 0. The zero-order chi connectivity index (χ0) is 14.8. The van der Waals surface area contributed by atoms with Crippen molar-refractivity contribution in [2.75, 3.05) is 0 Å². The molecule has 6 heteroatoms. The lowest BCUT2D eigenvalue weighted by Gasteiger charge is -2.41. The molecule has 1 fully saturated rings. The highest BCUT2D eigenvalue weighted by Crippen LogP contribution is 2.27. The van der Waals surface area contributed by atoms with Crippen molar-refractivity contribution in [2.45, 2.75) is 59.2 Å². The van der Waals surface area contributed by atoms with Gasteiger partial charge in [0.15, 0.2) is 14.5 Å². The smallest absolute Gasteiger partial charge is 0.304 e. The van der Waals surface area contributed by atoms with E-state index in [1.165, 1.54) is 6.92 Å².